The summed E-state index contributed by atoms with van der Waals surface area (Å²) in [6.07, 6.45) is 1.84. The topological polar surface area (TPSA) is 38.7 Å². The van der Waals surface area contributed by atoms with E-state index in [0.717, 1.165) is 12.8 Å². The maximum Gasteiger partial charge on any atom is 0.261 e. The highest BCUT2D eigenvalue weighted by molar-refractivity contribution is 6.99. The minimum atomic E-state index is -2.62. The smallest absolute Gasteiger partial charge is 0.261 e. The fourth-order valence-electron chi connectivity index (χ4n) is 4.99. The molecule has 0 saturated carbocycles. The Morgan fingerprint density at radius 2 is 1.16 bits per heavy atom. The molecule has 2 rings (SSSR count). The van der Waals surface area contributed by atoms with Crippen molar-refractivity contribution < 1.29 is 14.0 Å². The van der Waals surface area contributed by atoms with E-state index in [1.165, 1.54) is 10.4 Å². The zero-order valence-corrected chi connectivity index (χ0v) is 27.5. The van der Waals surface area contributed by atoms with E-state index in [2.05, 4.69) is 136 Å². The van der Waals surface area contributed by atoms with Gasteiger partial charge in [-0.3, -0.25) is 0 Å². The molecule has 2 aromatic rings. The lowest BCUT2D eigenvalue weighted by molar-refractivity contribution is 0.0566. The van der Waals surface area contributed by atoms with Gasteiger partial charge in [0.2, 0.25) is 0 Å². The third-order valence-electron chi connectivity index (χ3n) is 8.66. The molecule has 0 aliphatic carbocycles. The standard InChI is InChI=1S/C32H54O3Si2/c1-25(22-23-33)30(35-36(10,11)31(4,5)6)24-26(2)27(3)34-37(32(7,8)9,28-18-14-12-15-19-28)29-20-16-13-17-21-29/h12-21,25-27,30,33H,22-24H2,1-11H3/t25-,26-,27-,30+/m0/s1. The van der Waals surface area contributed by atoms with Crippen LogP contribution < -0.4 is 10.4 Å². The SMILES string of the molecule is C[C@H](O[Si](c1ccccc1)(c1ccccc1)C(C)(C)C)[C@@H](C)C[C@@H](O[Si](C)(C)C(C)(C)C)[C@@H](C)CCO. The molecule has 208 valence electrons. The summed E-state index contributed by atoms with van der Waals surface area (Å²) in [5.41, 5.74) is 0. The Kier molecular flexibility index (Phi) is 11.0. The van der Waals surface area contributed by atoms with Crippen molar-refractivity contribution in [3.05, 3.63) is 60.7 Å². The van der Waals surface area contributed by atoms with Gasteiger partial charge in [-0.25, -0.2) is 0 Å². The molecule has 37 heavy (non-hydrogen) atoms. The molecule has 0 unspecified atom stereocenters. The summed E-state index contributed by atoms with van der Waals surface area (Å²) in [6.45, 7) is 25.6. The highest BCUT2D eigenvalue weighted by atomic mass is 28.4. The number of rotatable bonds is 12. The number of aliphatic hydroxyl groups excluding tert-OH is 1. The second-order valence-electron chi connectivity index (χ2n) is 13.6. The molecule has 1 N–H and O–H groups in total. The van der Waals surface area contributed by atoms with Crippen LogP contribution in [0.25, 0.3) is 0 Å². The van der Waals surface area contributed by atoms with E-state index in [4.69, 9.17) is 8.85 Å². The highest BCUT2D eigenvalue weighted by Gasteiger charge is 2.51. The van der Waals surface area contributed by atoms with Gasteiger partial charge in [0.1, 0.15) is 0 Å². The molecule has 2 aromatic carbocycles. The molecule has 0 bridgehead atoms. The van der Waals surface area contributed by atoms with Crippen molar-refractivity contribution in [1.82, 2.24) is 0 Å². The summed E-state index contributed by atoms with van der Waals surface area (Å²) in [7, 11) is -4.57. The summed E-state index contributed by atoms with van der Waals surface area (Å²) in [6, 6.07) is 21.8. The lowest BCUT2D eigenvalue weighted by Crippen LogP contribution is -2.68. The van der Waals surface area contributed by atoms with Gasteiger partial charge in [0.05, 0.1) is 0 Å². The van der Waals surface area contributed by atoms with Crippen LogP contribution in [0.15, 0.2) is 60.7 Å². The Labute approximate surface area is 230 Å². The lowest BCUT2D eigenvalue weighted by atomic mass is 9.90. The van der Waals surface area contributed by atoms with Crippen LogP contribution in [0.3, 0.4) is 0 Å². The van der Waals surface area contributed by atoms with Crippen molar-refractivity contribution in [2.75, 3.05) is 6.61 Å². The number of hydrogen-bond acceptors (Lipinski definition) is 3. The van der Waals surface area contributed by atoms with Gasteiger partial charge in [-0.2, -0.15) is 0 Å². The van der Waals surface area contributed by atoms with E-state index in [-0.39, 0.29) is 28.9 Å². The third-order valence-corrected chi connectivity index (χ3v) is 18.3. The van der Waals surface area contributed by atoms with Crippen LogP contribution in [0.4, 0.5) is 0 Å². The molecular weight excluding hydrogens is 489 g/mol. The van der Waals surface area contributed by atoms with Gasteiger partial charge < -0.3 is 14.0 Å². The Balaban J connectivity index is 2.44. The maximum atomic E-state index is 9.72. The average Bonchev–Trinajstić information content (AvgIpc) is 2.81. The van der Waals surface area contributed by atoms with Crippen molar-refractivity contribution in [2.45, 2.75) is 111 Å². The largest absolute Gasteiger partial charge is 0.414 e. The van der Waals surface area contributed by atoms with Gasteiger partial charge in [0.25, 0.3) is 8.32 Å². The second-order valence-corrected chi connectivity index (χ2v) is 22.6. The molecule has 0 aliphatic heterocycles. The molecule has 0 spiro atoms. The number of benzene rings is 2. The zero-order chi connectivity index (χ0) is 28.1. The van der Waals surface area contributed by atoms with Crippen molar-refractivity contribution >= 4 is 27.0 Å². The fourth-order valence-corrected chi connectivity index (χ4v) is 11.2. The summed E-state index contributed by atoms with van der Waals surface area (Å²) in [5, 5.41) is 12.4. The number of aliphatic hydroxyl groups is 1. The molecule has 0 saturated heterocycles. The van der Waals surface area contributed by atoms with Crippen LogP contribution in [-0.4, -0.2) is 40.6 Å². The fraction of sp³-hybridized carbons (Fsp3) is 0.625. The van der Waals surface area contributed by atoms with Gasteiger partial charge >= 0.3 is 0 Å². The first-order valence-electron chi connectivity index (χ1n) is 14.1. The Hall–Kier alpha value is -1.25. The van der Waals surface area contributed by atoms with Gasteiger partial charge in [-0.1, -0.05) is 116 Å². The lowest BCUT2D eigenvalue weighted by Gasteiger charge is -2.46. The van der Waals surface area contributed by atoms with E-state index in [1.54, 1.807) is 0 Å². The molecule has 5 heteroatoms. The molecule has 0 aliphatic rings. The molecule has 0 radical (unpaired) electrons. The predicted octanol–water partition coefficient (Wildman–Crippen LogP) is 7.39. The summed E-state index contributed by atoms with van der Waals surface area (Å²) < 4.78 is 14.4. The van der Waals surface area contributed by atoms with E-state index in [1.807, 2.05) is 0 Å². The van der Waals surface area contributed by atoms with Crippen molar-refractivity contribution in [3.63, 3.8) is 0 Å². The van der Waals surface area contributed by atoms with Crippen molar-refractivity contribution in [3.8, 4) is 0 Å². The summed E-state index contributed by atoms with van der Waals surface area (Å²) in [5.74, 6) is 0.596. The first-order chi connectivity index (χ1) is 17.1. The molecule has 0 amide bonds. The predicted molar refractivity (Wildman–Crippen MR) is 165 cm³/mol. The monoisotopic (exact) mass is 542 g/mol. The Bertz CT molecular complexity index is 893. The van der Waals surface area contributed by atoms with Gasteiger partial charge in [-0.15, -0.1) is 0 Å². The number of hydrogen-bond donors (Lipinski definition) is 1. The van der Waals surface area contributed by atoms with Crippen molar-refractivity contribution in [2.24, 2.45) is 11.8 Å². The van der Waals surface area contributed by atoms with Crippen LogP contribution >= 0.6 is 0 Å². The second kappa shape index (κ2) is 12.7. The van der Waals surface area contributed by atoms with E-state index >= 15 is 0 Å². The summed E-state index contributed by atoms with van der Waals surface area (Å²) >= 11 is 0. The first kappa shape index (κ1) is 32.0. The maximum absolute atomic E-state index is 9.72. The van der Waals surface area contributed by atoms with Crippen molar-refractivity contribution in [1.29, 1.82) is 0 Å². The quantitative estimate of drug-likeness (QED) is 0.284. The van der Waals surface area contributed by atoms with Gasteiger partial charge in [-0.05, 0) is 65.1 Å². The van der Waals surface area contributed by atoms with E-state index in [9.17, 15) is 5.11 Å². The molecule has 3 nitrogen and oxygen atoms in total. The third kappa shape index (κ3) is 7.66. The van der Waals surface area contributed by atoms with Gasteiger partial charge in [0.15, 0.2) is 8.32 Å². The van der Waals surface area contributed by atoms with Crippen LogP contribution in [0.1, 0.15) is 75.2 Å². The van der Waals surface area contributed by atoms with Crippen LogP contribution in [0.2, 0.25) is 23.2 Å². The van der Waals surface area contributed by atoms with Crippen LogP contribution in [0.5, 0.6) is 0 Å². The molecule has 0 aromatic heterocycles. The average molecular weight is 543 g/mol. The molecule has 0 heterocycles. The normalized spacial score (nSPS) is 16.8. The van der Waals surface area contributed by atoms with Crippen LogP contribution in [-0.2, 0) is 8.85 Å². The molecule has 4 atom stereocenters. The Morgan fingerprint density at radius 3 is 1.54 bits per heavy atom. The zero-order valence-electron chi connectivity index (χ0n) is 25.5. The van der Waals surface area contributed by atoms with E-state index < -0.39 is 16.6 Å². The first-order valence-corrected chi connectivity index (χ1v) is 19.0. The molecule has 0 fully saturated rings. The minimum absolute atomic E-state index is 0.0507. The molecular formula is C32H54O3Si2. The Morgan fingerprint density at radius 1 is 0.703 bits per heavy atom. The minimum Gasteiger partial charge on any atom is -0.414 e. The van der Waals surface area contributed by atoms with E-state index in [0.29, 0.717) is 11.8 Å². The highest BCUT2D eigenvalue weighted by Crippen LogP contribution is 2.41. The van der Waals surface area contributed by atoms with Crippen LogP contribution in [0, 0.1) is 11.8 Å². The summed E-state index contributed by atoms with van der Waals surface area (Å²) in [4.78, 5) is 0. The van der Waals surface area contributed by atoms with Gasteiger partial charge in [0, 0.05) is 18.8 Å².